The molecule has 1 atom stereocenters. The first kappa shape index (κ1) is 19.4. The monoisotopic (exact) mass is 535 g/mol. The predicted molar refractivity (Wildman–Crippen MR) is 109 cm³/mol. The molecule has 120 valence electrons. The van der Waals surface area contributed by atoms with Gasteiger partial charge in [0.2, 0.25) is 0 Å². The van der Waals surface area contributed by atoms with Crippen molar-refractivity contribution in [1.29, 1.82) is 0 Å². The molecule has 4 nitrogen and oxygen atoms in total. The second kappa shape index (κ2) is 9.51. The van der Waals surface area contributed by atoms with Crippen LogP contribution in [0.2, 0.25) is 0 Å². The van der Waals surface area contributed by atoms with Crippen LogP contribution in [-0.2, 0) is 11.2 Å². The Morgan fingerprint density at radius 2 is 2.29 bits per heavy atom. The highest BCUT2D eigenvalue weighted by molar-refractivity contribution is 14.1. The minimum atomic E-state index is -0.0402. The molecule has 0 aromatic carbocycles. The van der Waals surface area contributed by atoms with Crippen LogP contribution in [0.4, 0.5) is 0 Å². The number of thiophene rings is 1. The average Bonchev–Trinajstić information content (AvgIpc) is 3.03. The van der Waals surface area contributed by atoms with Crippen molar-refractivity contribution < 1.29 is 4.74 Å². The van der Waals surface area contributed by atoms with Gasteiger partial charge in [0.1, 0.15) is 0 Å². The van der Waals surface area contributed by atoms with Crippen LogP contribution in [0.5, 0.6) is 0 Å². The summed E-state index contributed by atoms with van der Waals surface area (Å²) < 4.78 is 7.11. The van der Waals surface area contributed by atoms with Crippen molar-refractivity contribution in [2.75, 3.05) is 26.7 Å². The number of rotatable bonds is 5. The lowest BCUT2D eigenvalue weighted by Crippen LogP contribution is -2.45. The summed E-state index contributed by atoms with van der Waals surface area (Å²) in [5.41, 5.74) is -0.0402. The molecule has 1 aliphatic rings. The third-order valence-corrected chi connectivity index (χ3v) is 5.40. The number of halogens is 2. The summed E-state index contributed by atoms with van der Waals surface area (Å²) in [5.74, 6) is 0.855. The van der Waals surface area contributed by atoms with Crippen molar-refractivity contribution in [3.63, 3.8) is 0 Å². The van der Waals surface area contributed by atoms with E-state index in [1.54, 1.807) is 7.05 Å². The molecule has 1 aliphatic heterocycles. The van der Waals surface area contributed by atoms with Gasteiger partial charge in [0, 0.05) is 31.6 Å². The molecule has 2 N–H and O–H groups in total. The standard InChI is InChI=1S/C14H22IN3OS.HI/c1-14(7-3-9-19-14)10-18-13(16-2)17-8-6-11-4-5-12(15)20-11;/h4-5H,3,6-10H2,1-2H3,(H2,16,17,18);1H. The van der Waals surface area contributed by atoms with Gasteiger partial charge in [-0.1, -0.05) is 0 Å². The summed E-state index contributed by atoms with van der Waals surface area (Å²) >= 11 is 4.20. The minimum Gasteiger partial charge on any atom is -0.373 e. The zero-order chi connectivity index (χ0) is 14.4. The Kier molecular flexibility index (Phi) is 8.80. The molecule has 0 amide bonds. The van der Waals surface area contributed by atoms with E-state index in [1.807, 2.05) is 11.3 Å². The third-order valence-electron chi connectivity index (χ3n) is 3.45. The lowest BCUT2D eigenvalue weighted by molar-refractivity contribution is 0.0243. The Bertz CT molecular complexity index is 459. The van der Waals surface area contributed by atoms with Gasteiger partial charge >= 0.3 is 0 Å². The maximum atomic E-state index is 5.77. The van der Waals surface area contributed by atoms with Crippen LogP contribution in [0.3, 0.4) is 0 Å². The average molecular weight is 535 g/mol. The Morgan fingerprint density at radius 3 is 2.86 bits per heavy atom. The number of hydrogen-bond donors (Lipinski definition) is 2. The number of nitrogens with one attached hydrogen (secondary N) is 2. The third kappa shape index (κ3) is 6.57. The topological polar surface area (TPSA) is 45.7 Å². The van der Waals surface area contributed by atoms with Gasteiger partial charge in [0.05, 0.1) is 8.48 Å². The molecule has 2 heterocycles. The highest BCUT2D eigenvalue weighted by Gasteiger charge is 2.29. The fourth-order valence-corrected chi connectivity index (χ4v) is 4.01. The quantitative estimate of drug-likeness (QED) is 0.346. The van der Waals surface area contributed by atoms with E-state index in [4.69, 9.17) is 4.74 Å². The number of aliphatic imine (C=N–C) groups is 1. The molecule has 1 unspecified atom stereocenters. The molecule has 0 saturated carbocycles. The summed E-state index contributed by atoms with van der Waals surface area (Å²) in [5, 5.41) is 6.72. The van der Waals surface area contributed by atoms with Crippen LogP contribution in [0.25, 0.3) is 0 Å². The smallest absolute Gasteiger partial charge is 0.191 e. The van der Waals surface area contributed by atoms with Crippen molar-refractivity contribution in [3.05, 3.63) is 19.9 Å². The first-order valence-electron chi connectivity index (χ1n) is 6.94. The number of guanidine groups is 1. The molecule has 1 aromatic heterocycles. The van der Waals surface area contributed by atoms with Crippen molar-refractivity contribution in [3.8, 4) is 0 Å². The predicted octanol–water partition coefficient (Wildman–Crippen LogP) is 3.25. The maximum absolute atomic E-state index is 5.77. The largest absolute Gasteiger partial charge is 0.373 e. The Balaban J connectivity index is 0.00000220. The van der Waals surface area contributed by atoms with E-state index in [0.29, 0.717) is 0 Å². The lowest BCUT2D eigenvalue weighted by atomic mass is 10.0. The van der Waals surface area contributed by atoms with Gasteiger partial charge in [0.25, 0.3) is 0 Å². The highest BCUT2D eigenvalue weighted by Crippen LogP contribution is 2.23. The van der Waals surface area contributed by atoms with Crippen molar-refractivity contribution in [1.82, 2.24) is 10.6 Å². The van der Waals surface area contributed by atoms with Crippen LogP contribution in [0.1, 0.15) is 24.6 Å². The zero-order valence-corrected chi connectivity index (χ0v) is 17.8. The van der Waals surface area contributed by atoms with Crippen molar-refractivity contribution >= 4 is 63.9 Å². The van der Waals surface area contributed by atoms with E-state index in [-0.39, 0.29) is 29.6 Å². The lowest BCUT2D eigenvalue weighted by Gasteiger charge is -2.24. The second-order valence-electron chi connectivity index (χ2n) is 5.21. The summed E-state index contributed by atoms with van der Waals surface area (Å²) in [4.78, 5) is 5.66. The van der Waals surface area contributed by atoms with E-state index in [0.717, 1.165) is 44.9 Å². The van der Waals surface area contributed by atoms with E-state index >= 15 is 0 Å². The van der Waals surface area contributed by atoms with Gasteiger partial charge in [-0.05, 0) is 60.9 Å². The molecule has 21 heavy (non-hydrogen) atoms. The number of ether oxygens (including phenoxy) is 1. The molecule has 1 saturated heterocycles. The van der Waals surface area contributed by atoms with Crippen molar-refractivity contribution in [2.45, 2.75) is 31.8 Å². The van der Waals surface area contributed by atoms with Crippen LogP contribution in [0.15, 0.2) is 17.1 Å². The highest BCUT2D eigenvalue weighted by atomic mass is 127. The van der Waals surface area contributed by atoms with Gasteiger partial charge < -0.3 is 15.4 Å². The SMILES string of the molecule is CN=C(NCCc1ccc(I)s1)NCC1(C)CCCO1.I. The Morgan fingerprint density at radius 1 is 1.48 bits per heavy atom. The molecule has 1 aromatic rings. The van der Waals surface area contributed by atoms with Gasteiger partial charge in [-0.15, -0.1) is 35.3 Å². The molecule has 2 rings (SSSR count). The van der Waals surface area contributed by atoms with Gasteiger partial charge in [0.15, 0.2) is 5.96 Å². The Labute approximate surface area is 161 Å². The molecular formula is C14H23I2N3OS. The first-order chi connectivity index (χ1) is 9.61. The fraction of sp³-hybridized carbons (Fsp3) is 0.643. The van der Waals surface area contributed by atoms with Gasteiger partial charge in [-0.2, -0.15) is 0 Å². The van der Waals surface area contributed by atoms with Crippen LogP contribution < -0.4 is 10.6 Å². The Hall–Kier alpha value is 0.390. The molecule has 0 bridgehead atoms. The molecule has 1 fully saturated rings. The van der Waals surface area contributed by atoms with Gasteiger partial charge in [-0.25, -0.2) is 0 Å². The molecular weight excluding hydrogens is 512 g/mol. The van der Waals surface area contributed by atoms with Gasteiger partial charge in [-0.3, -0.25) is 4.99 Å². The summed E-state index contributed by atoms with van der Waals surface area (Å²) in [6.07, 6.45) is 3.30. The van der Waals surface area contributed by atoms with E-state index < -0.39 is 0 Å². The fourth-order valence-electron chi connectivity index (χ4n) is 2.26. The maximum Gasteiger partial charge on any atom is 0.191 e. The molecule has 7 heteroatoms. The van der Waals surface area contributed by atoms with Crippen LogP contribution >= 0.6 is 57.9 Å². The number of nitrogens with zero attached hydrogens (tertiary/aromatic N) is 1. The second-order valence-corrected chi connectivity index (χ2v) is 8.27. The first-order valence-corrected chi connectivity index (χ1v) is 8.83. The summed E-state index contributed by atoms with van der Waals surface area (Å²) in [6.45, 7) is 4.74. The van der Waals surface area contributed by atoms with E-state index in [2.05, 4.69) is 57.3 Å². The van der Waals surface area contributed by atoms with Crippen LogP contribution in [-0.4, -0.2) is 38.3 Å². The molecule has 0 aliphatic carbocycles. The summed E-state index contributed by atoms with van der Waals surface area (Å²) in [7, 11) is 1.81. The summed E-state index contributed by atoms with van der Waals surface area (Å²) in [6, 6.07) is 4.35. The van der Waals surface area contributed by atoms with Crippen molar-refractivity contribution in [2.24, 2.45) is 4.99 Å². The molecule has 0 spiro atoms. The number of hydrogen-bond acceptors (Lipinski definition) is 3. The minimum absolute atomic E-state index is 0. The molecule has 0 radical (unpaired) electrons. The van der Waals surface area contributed by atoms with E-state index in [9.17, 15) is 0 Å². The zero-order valence-electron chi connectivity index (χ0n) is 12.4. The van der Waals surface area contributed by atoms with E-state index in [1.165, 1.54) is 7.76 Å². The van der Waals surface area contributed by atoms with Crippen LogP contribution in [0, 0.1) is 2.88 Å². The normalized spacial score (nSPS) is 22.0.